The van der Waals surface area contributed by atoms with Gasteiger partial charge >= 0.3 is 6.18 Å². The third-order valence-electron chi connectivity index (χ3n) is 2.93. The Labute approximate surface area is 124 Å². The molecule has 21 heavy (non-hydrogen) atoms. The maximum Gasteiger partial charge on any atom is 0.416 e. The van der Waals surface area contributed by atoms with E-state index in [1.54, 1.807) is 0 Å². The van der Waals surface area contributed by atoms with E-state index in [1.165, 1.54) is 12.1 Å². The lowest BCUT2D eigenvalue weighted by molar-refractivity contribution is -0.137. The lowest BCUT2D eigenvalue weighted by Gasteiger charge is -2.20. The molecule has 1 rings (SSSR count). The monoisotopic (exact) mass is 303 g/mol. The summed E-state index contributed by atoms with van der Waals surface area (Å²) < 4.78 is 42.6. The van der Waals surface area contributed by atoms with E-state index in [-0.39, 0.29) is 5.54 Å². The van der Waals surface area contributed by atoms with Crippen LogP contribution in [0.1, 0.15) is 45.6 Å². The van der Waals surface area contributed by atoms with E-state index < -0.39 is 11.7 Å². The number of unbranched alkanes of at least 4 members (excludes halogenated alkanes) is 2. The van der Waals surface area contributed by atoms with Crippen LogP contribution in [0.2, 0.25) is 0 Å². The molecular formula is C16H24F3NO. The molecule has 0 amide bonds. The van der Waals surface area contributed by atoms with E-state index in [1.807, 2.05) is 0 Å². The quantitative estimate of drug-likeness (QED) is 0.741. The molecule has 0 aliphatic heterocycles. The highest BCUT2D eigenvalue weighted by Gasteiger charge is 2.29. The first-order valence-electron chi connectivity index (χ1n) is 7.23. The van der Waals surface area contributed by atoms with Crippen molar-refractivity contribution >= 4 is 0 Å². The van der Waals surface area contributed by atoms with Gasteiger partial charge in [0.15, 0.2) is 0 Å². The van der Waals surface area contributed by atoms with Gasteiger partial charge in [0.2, 0.25) is 0 Å². The van der Waals surface area contributed by atoms with E-state index in [0.29, 0.717) is 12.4 Å². The molecule has 0 spiro atoms. The third kappa shape index (κ3) is 7.95. The second kappa shape index (κ2) is 7.69. The fourth-order valence-corrected chi connectivity index (χ4v) is 1.80. The van der Waals surface area contributed by atoms with Gasteiger partial charge in [-0.25, -0.2) is 0 Å². The van der Waals surface area contributed by atoms with Crippen molar-refractivity contribution in [2.45, 2.75) is 51.7 Å². The molecule has 1 aromatic carbocycles. The second-order valence-corrected chi connectivity index (χ2v) is 6.11. The molecule has 2 nitrogen and oxygen atoms in total. The van der Waals surface area contributed by atoms with E-state index in [4.69, 9.17) is 4.74 Å². The van der Waals surface area contributed by atoms with Gasteiger partial charge in [0.1, 0.15) is 5.75 Å². The molecule has 0 unspecified atom stereocenters. The molecule has 0 aliphatic rings. The van der Waals surface area contributed by atoms with Crippen molar-refractivity contribution < 1.29 is 17.9 Å². The first kappa shape index (κ1) is 17.8. The zero-order chi connectivity index (χ0) is 15.9. The van der Waals surface area contributed by atoms with Crippen LogP contribution in [0.5, 0.6) is 5.75 Å². The smallest absolute Gasteiger partial charge is 0.416 e. The molecule has 0 saturated heterocycles. The zero-order valence-corrected chi connectivity index (χ0v) is 12.9. The summed E-state index contributed by atoms with van der Waals surface area (Å²) >= 11 is 0. The molecule has 0 radical (unpaired) electrons. The van der Waals surface area contributed by atoms with Gasteiger partial charge in [-0.15, -0.1) is 0 Å². The zero-order valence-electron chi connectivity index (χ0n) is 12.9. The molecule has 0 heterocycles. The van der Waals surface area contributed by atoms with Crippen molar-refractivity contribution in [2.75, 3.05) is 13.2 Å². The number of benzene rings is 1. The average Bonchev–Trinajstić information content (AvgIpc) is 2.36. The largest absolute Gasteiger partial charge is 0.494 e. The Bertz CT molecular complexity index is 407. The average molecular weight is 303 g/mol. The van der Waals surface area contributed by atoms with Crippen molar-refractivity contribution in [3.8, 4) is 5.75 Å². The Morgan fingerprint density at radius 2 is 1.57 bits per heavy atom. The molecule has 0 saturated carbocycles. The number of hydrogen-bond donors (Lipinski definition) is 1. The molecule has 0 aromatic heterocycles. The van der Waals surface area contributed by atoms with Crippen LogP contribution in [0.25, 0.3) is 0 Å². The van der Waals surface area contributed by atoms with Gasteiger partial charge in [0.05, 0.1) is 12.2 Å². The molecule has 0 bridgehead atoms. The summed E-state index contributed by atoms with van der Waals surface area (Å²) in [5, 5.41) is 3.40. The summed E-state index contributed by atoms with van der Waals surface area (Å²) in [6, 6.07) is 4.82. The van der Waals surface area contributed by atoms with Gasteiger partial charge in [-0.1, -0.05) is 0 Å². The van der Waals surface area contributed by atoms with Crippen molar-refractivity contribution in [1.82, 2.24) is 5.32 Å². The van der Waals surface area contributed by atoms with Gasteiger partial charge in [0.25, 0.3) is 0 Å². The van der Waals surface area contributed by atoms with Crippen LogP contribution in [-0.2, 0) is 6.18 Å². The fourth-order valence-electron chi connectivity index (χ4n) is 1.80. The predicted octanol–water partition coefficient (Wildman–Crippen LogP) is 4.64. The van der Waals surface area contributed by atoms with Crippen molar-refractivity contribution in [2.24, 2.45) is 0 Å². The number of rotatable bonds is 7. The maximum absolute atomic E-state index is 12.4. The van der Waals surface area contributed by atoms with Crippen LogP contribution in [0.3, 0.4) is 0 Å². The van der Waals surface area contributed by atoms with Crippen LogP contribution in [-0.4, -0.2) is 18.7 Å². The molecule has 0 atom stereocenters. The first-order chi connectivity index (χ1) is 9.68. The highest BCUT2D eigenvalue weighted by Crippen LogP contribution is 2.30. The van der Waals surface area contributed by atoms with Crippen molar-refractivity contribution in [1.29, 1.82) is 0 Å². The third-order valence-corrected chi connectivity index (χ3v) is 2.93. The molecule has 0 aliphatic carbocycles. The normalized spacial score (nSPS) is 12.5. The SMILES string of the molecule is CC(C)(C)NCCCCCOc1ccc(C(F)(F)F)cc1. The fraction of sp³-hybridized carbons (Fsp3) is 0.625. The Kier molecular flexibility index (Phi) is 6.52. The number of alkyl halides is 3. The summed E-state index contributed by atoms with van der Waals surface area (Å²) in [4.78, 5) is 0. The lowest BCUT2D eigenvalue weighted by atomic mass is 10.1. The number of nitrogens with one attached hydrogen (secondary N) is 1. The minimum absolute atomic E-state index is 0.136. The number of ether oxygens (including phenoxy) is 1. The van der Waals surface area contributed by atoms with Crippen LogP contribution in [0.4, 0.5) is 13.2 Å². The summed E-state index contributed by atoms with van der Waals surface area (Å²) in [6.07, 6.45) is -1.30. The topological polar surface area (TPSA) is 21.3 Å². The van der Waals surface area contributed by atoms with Gasteiger partial charge < -0.3 is 10.1 Å². The summed E-state index contributed by atoms with van der Waals surface area (Å²) in [7, 11) is 0. The number of hydrogen-bond acceptors (Lipinski definition) is 2. The summed E-state index contributed by atoms with van der Waals surface area (Å²) in [5.74, 6) is 0.482. The van der Waals surface area contributed by atoms with Crippen LogP contribution in [0.15, 0.2) is 24.3 Å². The van der Waals surface area contributed by atoms with Crippen molar-refractivity contribution in [3.05, 3.63) is 29.8 Å². The van der Waals surface area contributed by atoms with Gasteiger partial charge in [-0.05, 0) is 70.8 Å². The summed E-state index contributed by atoms with van der Waals surface area (Å²) in [5.41, 5.74) is -0.514. The van der Waals surface area contributed by atoms with Crippen LogP contribution < -0.4 is 10.1 Å². The van der Waals surface area contributed by atoms with Gasteiger partial charge in [-0.2, -0.15) is 13.2 Å². The highest BCUT2D eigenvalue weighted by atomic mass is 19.4. The van der Waals surface area contributed by atoms with Crippen LogP contribution in [0, 0.1) is 0 Å². The molecule has 120 valence electrons. The Hall–Kier alpha value is -1.23. The maximum atomic E-state index is 12.4. The molecule has 1 N–H and O–H groups in total. The van der Waals surface area contributed by atoms with E-state index in [0.717, 1.165) is 37.9 Å². The standard InChI is InChI=1S/C16H24F3NO/c1-15(2,3)20-11-5-4-6-12-21-14-9-7-13(8-10-14)16(17,18)19/h7-10,20H,4-6,11-12H2,1-3H3. The minimum Gasteiger partial charge on any atom is -0.494 e. The van der Waals surface area contributed by atoms with E-state index in [9.17, 15) is 13.2 Å². The van der Waals surface area contributed by atoms with Crippen molar-refractivity contribution in [3.63, 3.8) is 0 Å². The second-order valence-electron chi connectivity index (χ2n) is 6.11. The Balaban J connectivity index is 2.16. The van der Waals surface area contributed by atoms with E-state index >= 15 is 0 Å². The molecule has 5 heteroatoms. The lowest BCUT2D eigenvalue weighted by Crippen LogP contribution is -2.36. The van der Waals surface area contributed by atoms with Gasteiger partial charge in [-0.3, -0.25) is 0 Å². The van der Waals surface area contributed by atoms with Gasteiger partial charge in [0, 0.05) is 5.54 Å². The molecular weight excluding hydrogens is 279 g/mol. The highest BCUT2D eigenvalue weighted by molar-refractivity contribution is 5.28. The number of halogens is 3. The summed E-state index contributed by atoms with van der Waals surface area (Å²) in [6.45, 7) is 7.87. The first-order valence-corrected chi connectivity index (χ1v) is 7.23. The Morgan fingerprint density at radius 3 is 2.10 bits per heavy atom. The van der Waals surface area contributed by atoms with E-state index in [2.05, 4.69) is 26.1 Å². The molecule has 0 fully saturated rings. The predicted molar refractivity (Wildman–Crippen MR) is 78.5 cm³/mol. The Morgan fingerprint density at radius 1 is 0.952 bits per heavy atom. The minimum atomic E-state index is -4.29. The van der Waals surface area contributed by atoms with Crippen LogP contribution >= 0.6 is 0 Å². The molecule has 1 aromatic rings.